The fourth-order valence-electron chi connectivity index (χ4n) is 2.19. The normalized spacial score (nSPS) is 11.5. The van der Waals surface area contributed by atoms with Crippen LogP contribution in [0, 0.1) is 6.92 Å². The number of aromatic carboxylic acids is 1. The summed E-state index contributed by atoms with van der Waals surface area (Å²) in [5.41, 5.74) is 1.30. The number of carboxylic acid groups (broad SMARTS) is 1. The number of benzene rings is 1. The standard InChI is InChI=1S/C16H13NO4S3/c1-10-17-13(8-22-10)14-5-6-15(23-14)24(20,21)9-11-3-2-4-12(7-11)16(18)19/h2-8H,9H2,1H3,(H,18,19). The van der Waals surface area contributed by atoms with Gasteiger partial charge in [0.15, 0.2) is 9.84 Å². The van der Waals surface area contributed by atoms with Crippen molar-refractivity contribution < 1.29 is 18.3 Å². The number of nitrogens with zero attached hydrogens (tertiary/aromatic N) is 1. The first-order valence-electron chi connectivity index (χ1n) is 6.92. The summed E-state index contributed by atoms with van der Waals surface area (Å²) < 4.78 is 25.4. The van der Waals surface area contributed by atoms with Gasteiger partial charge in [-0.25, -0.2) is 18.2 Å². The van der Waals surface area contributed by atoms with E-state index in [0.29, 0.717) is 5.56 Å². The number of carbonyl (C=O) groups is 1. The predicted octanol–water partition coefficient (Wildman–Crippen LogP) is 3.85. The molecule has 0 amide bonds. The summed E-state index contributed by atoms with van der Waals surface area (Å²) in [5, 5.41) is 11.8. The number of hydrogen-bond donors (Lipinski definition) is 1. The lowest BCUT2D eigenvalue weighted by molar-refractivity contribution is 0.0696. The van der Waals surface area contributed by atoms with Crippen molar-refractivity contribution in [2.24, 2.45) is 0 Å². The van der Waals surface area contributed by atoms with E-state index in [2.05, 4.69) is 4.98 Å². The molecule has 1 aromatic carbocycles. The smallest absolute Gasteiger partial charge is 0.335 e. The van der Waals surface area contributed by atoms with Gasteiger partial charge in [0.2, 0.25) is 0 Å². The molecule has 0 unspecified atom stereocenters. The van der Waals surface area contributed by atoms with E-state index in [1.54, 1.807) is 24.3 Å². The molecule has 0 bridgehead atoms. The van der Waals surface area contributed by atoms with Crippen LogP contribution in [0.4, 0.5) is 0 Å². The van der Waals surface area contributed by atoms with Crippen molar-refractivity contribution in [3.63, 3.8) is 0 Å². The fraction of sp³-hybridized carbons (Fsp3) is 0.125. The highest BCUT2D eigenvalue weighted by Crippen LogP contribution is 2.32. The average molecular weight is 379 g/mol. The van der Waals surface area contributed by atoms with Gasteiger partial charge in [0.1, 0.15) is 4.21 Å². The molecule has 0 radical (unpaired) electrons. The molecule has 0 aliphatic heterocycles. The van der Waals surface area contributed by atoms with E-state index in [1.807, 2.05) is 12.3 Å². The molecule has 3 rings (SSSR count). The Hall–Kier alpha value is -2.03. The lowest BCUT2D eigenvalue weighted by atomic mass is 10.1. The number of thiazole rings is 1. The Balaban J connectivity index is 1.87. The average Bonchev–Trinajstić information content (AvgIpc) is 3.16. The fourth-order valence-corrected chi connectivity index (χ4v) is 5.56. The number of sulfone groups is 1. The van der Waals surface area contributed by atoms with E-state index in [1.165, 1.54) is 34.8 Å². The summed E-state index contributed by atoms with van der Waals surface area (Å²) >= 11 is 2.69. The first-order valence-corrected chi connectivity index (χ1v) is 10.3. The zero-order chi connectivity index (χ0) is 17.3. The largest absolute Gasteiger partial charge is 0.478 e. The molecule has 8 heteroatoms. The quantitative estimate of drug-likeness (QED) is 0.728. The topological polar surface area (TPSA) is 84.3 Å². The highest BCUT2D eigenvalue weighted by Gasteiger charge is 2.19. The van der Waals surface area contributed by atoms with Crippen LogP contribution in [0.25, 0.3) is 10.6 Å². The van der Waals surface area contributed by atoms with Gasteiger partial charge in [-0.05, 0) is 36.8 Å². The summed E-state index contributed by atoms with van der Waals surface area (Å²) in [5.74, 6) is -1.31. The molecule has 3 aromatic rings. The third-order valence-corrected chi connectivity index (χ3v) is 7.44. The second-order valence-corrected chi connectivity index (χ2v) is 9.50. The van der Waals surface area contributed by atoms with Crippen LogP contribution in [0.2, 0.25) is 0 Å². The van der Waals surface area contributed by atoms with E-state index >= 15 is 0 Å². The molecule has 0 saturated carbocycles. The van der Waals surface area contributed by atoms with Gasteiger partial charge in [-0.3, -0.25) is 0 Å². The number of thiophene rings is 1. The molecular formula is C16H13NO4S3. The Morgan fingerprint density at radius 2 is 2.04 bits per heavy atom. The Kier molecular flexibility index (Phi) is 4.53. The lowest BCUT2D eigenvalue weighted by Crippen LogP contribution is -2.04. The summed E-state index contributed by atoms with van der Waals surface area (Å²) in [6, 6.07) is 9.31. The van der Waals surface area contributed by atoms with Crippen LogP contribution in [0.3, 0.4) is 0 Å². The minimum atomic E-state index is -3.53. The van der Waals surface area contributed by atoms with Crippen molar-refractivity contribution in [1.29, 1.82) is 0 Å². The maximum atomic E-state index is 12.6. The number of aryl methyl sites for hydroxylation is 1. The van der Waals surface area contributed by atoms with E-state index < -0.39 is 15.8 Å². The highest BCUT2D eigenvalue weighted by molar-refractivity contribution is 7.92. The molecule has 0 atom stereocenters. The van der Waals surface area contributed by atoms with Gasteiger partial charge in [0.05, 0.1) is 26.9 Å². The summed E-state index contributed by atoms with van der Waals surface area (Å²) in [7, 11) is -3.53. The Labute approximate surface area is 147 Å². The molecule has 0 saturated heterocycles. The zero-order valence-electron chi connectivity index (χ0n) is 12.6. The molecule has 5 nitrogen and oxygen atoms in total. The van der Waals surface area contributed by atoms with Gasteiger partial charge in [-0.2, -0.15) is 0 Å². The van der Waals surface area contributed by atoms with Crippen LogP contribution in [0.5, 0.6) is 0 Å². The first-order chi connectivity index (χ1) is 11.3. The number of aromatic nitrogens is 1. The third kappa shape index (κ3) is 3.55. The highest BCUT2D eigenvalue weighted by atomic mass is 32.2. The van der Waals surface area contributed by atoms with Gasteiger partial charge in [-0.1, -0.05) is 12.1 Å². The molecule has 2 heterocycles. The van der Waals surface area contributed by atoms with Crippen LogP contribution in [-0.4, -0.2) is 24.5 Å². The zero-order valence-corrected chi connectivity index (χ0v) is 15.0. The van der Waals surface area contributed by atoms with Crippen molar-refractivity contribution in [2.75, 3.05) is 0 Å². The van der Waals surface area contributed by atoms with Crippen LogP contribution in [0.1, 0.15) is 20.9 Å². The van der Waals surface area contributed by atoms with Crippen LogP contribution in [-0.2, 0) is 15.6 Å². The SMILES string of the molecule is Cc1nc(-c2ccc(S(=O)(=O)Cc3cccc(C(=O)O)c3)s2)cs1. The minimum absolute atomic E-state index is 0.0764. The van der Waals surface area contributed by atoms with Crippen LogP contribution >= 0.6 is 22.7 Å². The number of rotatable bonds is 5. The molecule has 2 aromatic heterocycles. The van der Waals surface area contributed by atoms with Gasteiger partial charge >= 0.3 is 5.97 Å². The monoisotopic (exact) mass is 379 g/mol. The summed E-state index contributed by atoms with van der Waals surface area (Å²) in [6.07, 6.45) is 0. The van der Waals surface area contributed by atoms with Crippen molar-refractivity contribution in [2.45, 2.75) is 16.9 Å². The maximum absolute atomic E-state index is 12.6. The predicted molar refractivity (Wildman–Crippen MR) is 94.5 cm³/mol. The van der Waals surface area contributed by atoms with E-state index in [0.717, 1.165) is 15.6 Å². The summed E-state index contributed by atoms with van der Waals surface area (Å²) in [6.45, 7) is 1.90. The van der Waals surface area contributed by atoms with Crippen molar-refractivity contribution >= 4 is 38.5 Å². The van der Waals surface area contributed by atoms with Gasteiger partial charge in [0.25, 0.3) is 0 Å². The second kappa shape index (κ2) is 6.46. The first kappa shape index (κ1) is 16.8. The van der Waals surface area contributed by atoms with E-state index in [9.17, 15) is 13.2 Å². The Bertz CT molecular complexity index is 1000. The van der Waals surface area contributed by atoms with Crippen molar-refractivity contribution in [1.82, 2.24) is 4.98 Å². The second-order valence-electron chi connectivity index (χ2n) is 5.14. The van der Waals surface area contributed by atoms with E-state index in [4.69, 9.17) is 5.11 Å². The molecule has 1 N–H and O–H groups in total. The minimum Gasteiger partial charge on any atom is -0.478 e. The summed E-state index contributed by atoms with van der Waals surface area (Å²) in [4.78, 5) is 16.2. The molecule has 0 fully saturated rings. The van der Waals surface area contributed by atoms with E-state index in [-0.39, 0.29) is 15.5 Å². The van der Waals surface area contributed by atoms with Gasteiger partial charge in [0, 0.05) is 5.38 Å². The van der Waals surface area contributed by atoms with Gasteiger partial charge in [-0.15, -0.1) is 22.7 Å². The molecule has 124 valence electrons. The number of hydrogen-bond acceptors (Lipinski definition) is 6. The molecule has 24 heavy (non-hydrogen) atoms. The van der Waals surface area contributed by atoms with Gasteiger partial charge < -0.3 is 5.11 Å². The number of carboxylic acids is 1. The molecule has 0 spiro atoms. The third-order valence-electron chi connectivity index (χ3n) is 3.29. The molecule has 0 aliphatic rings. The van der Waals surface area contributed by atoms with Crippen molar-refractivity contribution in [3.8, 4) is 10.6 Å². The molecule has 0 aliphatic carbocycles. The van der Waals surface area contributed by atoms with Crippen LogP contribution in [0.15, 0.2) is 46.0 Å². The lowest BCUT2D eigenvalue weighted by Gasteiger charge is -2.03. The maximum Gasteiger partial charge on any atom is 0.335 e. The Morgan fingerprint density at radius 1 is 1.25 bits per heavy atom. The van der Waals surface area contributed by atoms with Crippen LogP contribution < -0.4 is 0 Å². The Morgan fingerprint density at radius 3 is 2.71 bits per heavy atom. The van der Waals surface area contributed by atoms with Crippen molar-refractivity contribution in [3.05, 3.63) is 57.9 Å². The molecular weight excluding hydrogens is 366 g/mol.